The van der Waals surface area contributed by atoms with Crippen molar-refractivity contribution in [2.75, 3.05) is 18.1 Å². The summed E-state index contributed by atoms with van der Waals surface area (Å²) < 4.78 is 19.4. The Morgan fingerprint density at radius 3 is 2.35 bits per heavy atom. The summed E-state index contributed by atoms with van der Waals surface area (Å²) in [6.07, 6.45) is 0.567. The highest BCUT2D eigenvalue weighted by molar-refractivity contribution is 5.97. The van der Waals surface area contributed by atoms with E-state index in [1.165, 1.54) is 18.2 Å². The lowest BCUT2D eigenvalue weighted by Crippen LogP contribution is -2.36. The third kappa shape index (κ3) is 5.77. The van der Waals surface area contributed by atoms with E-state index >= 15 is 0 Å². The second-order valence-corrected chi connectivity index (χ2v) is 6.80. The Morgan fingerprint density at radius 1 is 0.935 bits per heavy atom. The molecule has 0 saturated heterocycles. The van der Waals surface area contributed by atoms with Crippen LogP contribution in [-0.4, -0.2) is 25.0 Å². The van der Waals surface area contributed by atoms with Crippen molar-refractivity contribution in [3.05, 3.63) is 101 Å². The number of halogens is 1. The molecule has 0 spiro atoms. The Bertz CT molecular complexity index is 1090. The zero-order chi connectivity index (χ0) is 22.1. The summed E-state index contributed by atoms with van der Waals surface area (Å²) in [5, 5.41) is 8.86. The lowest BCUT2D eigenvalue weighted by molar-refractivity contribution is -0.121. The summed E-state index contributed by atoms with van der Waals surface area (Å²) in [5.41, 5.74) is 2.24. The summed E-state index contributed by atoms with van der Waals surface area (Å²) >= 11 is 0. The first-order valence-corrected chi connectivity index (χ1v) is 9.81. The standard InChI is InChI=1S/C25H21FN2O3/c26-22-13-6-7-14-23(22)28(16-8-15-27)24(29)18-31-25(30)21-12-5-4-11-20(21)17-19-9-2-1-3-10-19/h1-7,9-14H,8,16-18H2. The number of hydrogen-bond acceptors (Lipinski definition) is 4. The van der Waals surface area contributed by atoms with Crippen LogP contribution >= 0.6 is 0 Å². The van der Waals surface area contributed by atoms with Crippen molar-refractivity contribution in [1.82, 2.24) is 0 Å². The fourth-order valence-electron chi connectivity index (χ4n) is 3.18. The third-order valence-electron chi connectivity index (χ3n) is 4.69. The zero-order valence-electron chi connectivity index (χ0n) is 16.8. The number of nitrogens with zero attached hydrogens (tertiary/aromatic N) is 2. The Balaban J connectivity index is 1.71. The van der Waals surface area contributed by atoms with Gasteiger partial charge in [0.25, 0.3) is 5.91 Å². The summed E-state index contributed by atoms with van der Waals surface area (Å²) in [6.45, 7) is -0.559. The topological polar surface area (TPSA) is 70.4 Å². The molecular formula is C25H21FN2O3. The van der Waals surface area contributed by atoms with Gasteiger partial charge in [0.1, 0.15) is 5.82 Å². The Morgan fingerprint density at radius 2 is 1.61 bits per heavy atom. The predicted octanol–water partition coefficient (Wildman–Crippen LogP) is 4.52. The van der Waals surface area contributed by atoms with Gasteiger partial charge in [0.05, 0.1) is 23.7 Å². The van der Waals surface area contributed by atoms with E-state index in [0.717, 1.165) is 16.0 Å². The number of carbonyl (C=O) groups excluding carboxylic acids is 2. The fraction of sp³-hybridized carbons (Fsp3) is 0.160. The van der Waals surface area contributed by atoms with E-state index < -0.39 is 24.3 Å². The maximum Gasteiger partial charge on any atom is 0.338 e. The van der Waals surface area contributed by atoms with E-state index in [2.05, 4.69) is 0 Å². The monoisotopic (exact) mass is 416 g/mol. The van der Waals surface area contributed by atoms with Gasteiger partial charge in [-0.3, -0.25) is 4.79 Å². The summed E-state index contributed by atoms with van der Waals surface area (Å²) in [4.78, 5) is 26.5. The van der Waals surface area contributed by atoms with Gasteiger partial charge < -0.3 is 9.64 Å². The molecule has 0 unspecified atom stereocenters. The molecule has 0 aliphatic carbocycles. The number of para-hydroxylation sites is 1. The van der Waals surface area contributed by atoms with Crippen molar-refractivity contribution in [3.8, 4) is 6.07 Å². The third-order valence-corrected chi connectivity index (χ3v) is 4.69. The quantitative estimate of drug-likeness (QED) is 0.506. The Hall–Kier alpha value is -3.98. The van der Waals surface area contributed by atoms with Crippen molar-refractivity contribution in [3.63, 3.8) is 0 Å². The first-order valence-electron chi connectivity index (χ1n) is 9.81. The summed E-state index contributed by atoms with van der Waals surface area (Å²) in [6, 6.07) is 24.5. The molecule has 156 valence electrons. The number of esters is 1. The van der Waals surface area contributed by atoms with Crippen molar-refractivity contribution < 1.29 is 18.7 Å². The van der Waals surface area contributed by atoms with Gasteiger partial charge in [0.2, 0.25) is 0 Å². The van der Waals surface area contributed by atoms with Gasteiger partial charge >= 0.3 is 5.97 Å². The normalized spacial score (nSPS) is 10.2. The largest absolute Gasteiger partial charge is 0.452 e. The van der Waals surface area contributed by atoms with Gasteiger partial charge in [-0.05, 0) is 35.7 Å². The predicted molar refractivity (Wildman–Crippen MR) is 115 cm³/mol. The summed E-state index contributed by atoms with van der Waals surface area (Å²) in [5.74, 6) is -1.82. The van der Waals surface area contributed by atoms with Gasteiger partial charge in [-0.1, -0.05) is 60.7 Å². The van der Waals surface area contributed by atoms with Crippen molar-refractivity contribution in [1.29, 1.82) is 5.26 Å². The minimum absolute atomic E-state index is 0.00158. The van der Waals surface area contributed by atoms with Crippen molar-refractivity contribution >= 4 is 17.6 Å². The molecule has 6 heteroatoms. The van der Waals surface area contributed by atoms with Crippen LogP contribution in [0.4, 0.5) is 10.1 Å². The van der Waals surface area contributed by atoms with E-state index in [-0.39, 0.29) is 18.7 Å². The van der Waals surface area contributed by atoms with Gasteiger partial charge in [-0.25, -0.2) is 9.18 Å². The van der Waals surface area contributed by atoms with Gasteiger partial charge in [-0.15, -0.1) is 0 Å². The molecule has 0 heterocycles. The van der Waals surface area contributed by atoms with E-state index in [4.69, 9.17) is 10.00 Å². The number of hydrogen-bond donors (Lipinski definition) is 0. The SMILES string of the molecule is N#CCCN(C(=O)COC(=O)c1ccccc1Cc1ccccc1)c1ccccc1F. The highest BCUT2D eigenvalue weighted by Crippen LogP contribution is 2.20. The molecule has 0 bridgehead atoms. The van der Waals surface area contributed by atoms with E-state index in [1.807, 2.05) is 48.5 Å². The average Bonchev–Trinajstić information content (AvgIpc) is 2.80. The first-order chi connectivity index (χ1) is 15.1. The molecule has 0 radical (unpaired) electrons. The number of nitriles is 1. The number of benzene rings is 3. The smallest absolute Gasteiger partial charge is 0.338 e. The van der Waals surface area contributed by atoms with Crippen LogP contribution < -0.4 is 4.90 Å². The molecule has 0 atom stereocenters. The van der Waals surface area contributed by atoms with Crippen LogP contribution in [0.2, 0.25) is 0 Å². The highest BCUT2D eigenvalue weighted by atomic mass is 19.1. The number of ether oxygens (including phenoxy) is 1. The van der Waals surface area contributed by atoms with Crippen molar-refractivity contribution in [2.24, 2.45) is 0 Å². The molecule has 3 rings (SSSR count). The lowest BCUT2D eigenvalue weighted by atomic mass is 10.00. The fourth-order valence-corrected chi connectivity index (χ4v) is 3.18. The highest BCUT2D eigenvalue weighted by Gasteiger charge is 2.21. The first kappa shape index (κ1) is 21.7. The number of carbonyl (C=O) groups is 2. The molecule has 5 nitrogen and oxygen atoms in total. The minimum Gasteiger partial charge on any atom is -0.452 e. The van der Waals surface area contributed by atoms with E-state index in [9.17, 15) is 14.0 Å². The molecular weight excluding hydrogens is 395 g/mol. The number of amides is 1. The second kappa shape index (κ2) is 10.7. The van der Waals surface area contributed by atoms with Crippen LogP contribution in [0.5, 0.6) is 0 Å². The molecule has 0 saturated carbocycles. The van der Waals surface area contributed by atoms with E-state index in [1.54, 1.807) is 18.2 Å². The lowest BCUT2D eigenvalue weighted by Gasteiger charge is -2.22. The molecule has 1 amide bonds. The van der Waals surface area contributed by atoms with Gasteiger partial charge in [0, 0.05) is 6.54 Å². The molecule has 0 aliphatic rings. The summed E-state index contributed by atoms with van der Waals surface area (Å²) in [7, 11) is 0. The Labute approximate surface area is 180 Å². The van der Waals surface area contributed by atoms with Crippen LogP contribution in [0.25, 0.3) is 0 Å². The molecule has 31 heavy (non-hydrogen) atoms. The molecule has 3 aromatic rings. The maximum absolute atomic E-state index is 14.2. The van der Waals surface area contributed by atoms with Crippen LogP contribution in [0, 0.1) is 17.1 Å². The van der Waals surface area contributed by atoms with Crippen LogP contribution in [0.1, 0.15) is 27.9 Å². The van der Waals surface area contributed by atoms with Crippen LogP contribution in [0.3, 0.4) is 0 Å². The minimum atomic E-state index is -0.631. The average molecular weight is 416 g/mol. The molecule has 0 aliphatic heterocycles. The van der Waals surface area contributed by atoms with E-state index in [0.29, 0.717) is 12.0 Å². The Kier molecular flexibility index (Phi) is 7.50. The molecule has 0 aromatic heterocycles. The molecule has 3 aromatic carbocycles. The van der Waals surface area contributed by atoms with Crippen LogP contribution in [0.15, 0.2) is 78.9 Å². The van der Waals surface area contributed by atoms with Gasteiger partial charge in [0.15, 0.2) is 6.61 Å². The number of rotatable bonds is 8. The molecule has 0 fully saturated rings. The van der Waals surface area contributed by atoms with Gasteiger partial charge in [-0.2, -0.15) is 5.26 Å². The molecule has 0 N–H and O–H groups in total. The van der Waals surface area contributed by atoms with Crippen LogP contribution in [-0.2, 0) is 16.0 Å². The van der Waals surface area contributed by atoms with Crippen molar-refractivity contribution in [2.45, 2.75) is 12.8 Å². The zero-order valence-corrected chi connectivity index (χ0v) is 16.8. The number of anilines is 1. The second-order valence-electron chi connectivity index (χ2n) is 6.80. The maximum atomic E-state index is 14.2.